The molecule has 0 unspecified atom stereocenters. The number of rotatable bonds is 5. The molecule has 1 heterocycles. The first kappa shape index (κ1) is 15.8. The number of piperidine rings is 1. The Hall–Kier alpha value is -2.11. The summed E-state index contributed by atoms with van der Waals surface area (Å²) in [6.45, 7) is 3.33. The van der Waals surface area contributed by atoms with Gasteiger partial charge in [0.2, 0.25) is 0 Å². The summed E-state index contributed by atoms with van der Waals surface area (Å²) in [6, 6.07) is 23.2. The first-order chi connectivity index (χ1) is 11.3. The molecule has 0 amide bonds. The van der Waals surface area contributed by atoms with Gasteiger partial charge in [0.25, 0.3) is 0 Å². The standard InChI is InChI=1S/C21H24N2/c22-18-21(19-10-4-1-5-11-19,20-12-6-2-7-13-20)14-17-23-15-8-3-9-16-23/h1-2,4-7,10-13H,3,8-9,14-17H2. The largest absolute Gasteiger partial charge is 0.303 e. The second-order valence-electron chi connectivity index (χ2n) is 6.40. The number of hydrogen-bond acceptors (Lipinski definition) is 2. The van der Waals surface area contributed by atoms with E-state index in [1.165, 1.54) is 32.4 Å². The van der Waals surface area contributed by atoms with Gasteiger partial charge in [0.1, 0.15) is 5.41 Å². The zero-order valence-electron chi connectivity index (χ0n) is 13.6. The van der Waals surface area contributed by atoms with Crippen LogP contribution in [0.15, 0.2) is 60.7 Å². The van der Waals surface area contributed by atoms with Crippen LogP contribution in [0.5, 0.6) is 0 Å². The molecule has 0 bridgehead atoms. The molecular formula is C21H24N2. The SMILES string of the molecule is N#CC(CCN1CCCCC1)(c1ccccc1)c1ccccc1. The van der Waals surface area contributed by atoms with Crippen molar-refractivity contribution in [1.82, 2.24) is 4.90 Å². The van der Waals surface area contributed by atoms with Crippen molar-refractivity contribution in [3.05, 3.63) is 71.8 Å². The number of nitrogens with zero attached hydrogens (tertiary/aromatic N) is 2. The first-order valence-corrected chi connectivity index (χ1v) is 8.60. The number of benzene rings is 2. The van der Waals surface area contributed by atoms with Crippen LogP contribution in [0.4, 0.5) is 0 Å². The van der Waals surface area contributed by atoms with Gasteiger partial charge >= 0.3 is 0 Å². The number of likely N-dealkylation sites (tertiary alicyclic amines) is 1. The summed E-state index contributed by atoms with van der Waals surface area (Å²) >= 11 is 0. The number of hydrogen-bond donors (Lipinski definition) is 0. The molecule has 0 N–H and O–H groups in total. The Balaban J connectivity index is 1.91. The fraction of sp³-hybridized carbons (Fsp3) is 0.381. The maximum Gasteiger partial charge on any atom is 0.108 e. The number of nitriles is 1. The van der Waals surface area contributed by atoms with Crippen molar-refractivity contribution < 1.29 is 0 Å². The maximum absolute atomic E-state index is 10.1. The van der Waals surface area contributed by atoms with Crippen molar-refractivity contribution in [2.75, 3.05) is 19.6 Å². The third kappa shape index (κ3) is 3.46. The van der Waals surface area contributed by atoms with Crippen LogP contribution in [-0.4, -0.2) is 24.5 Å². The quantitative estimate of drug-likeness (QED) is 0.820. The predicted octanol–water partition coefficient (Wildman–Crippen LogP) is 4.37. The first-order valence-electron chi connectivity index (χ1n) is 8.60. The van der Waals surface area contributed by atoms with Crippen LogP contribution in [0, 0.1) is 11.3 Å². The summed E-state index contributed by atoms with van der Waals surface area (Å²) in [5.41, 5.74) is 1.65. The van der Waals surface area contributed by atoms with Gasteiger partial charge in [0, 0.05) is 6.54 Å². The van der Waals surface area contributed by atoms with Crippen molar-refractivity contribution in [3.8, 4) is 6.07 Å². The fourth-order valence-electron chi connectivity index (χ4n) is 3.59. The van der Waals surface area contributed by atoms with E-state index in [2.05, 4.69) is 35.2 Å². The highest BCUT2D eigenvalue weighted by atomic mass is 15.1. The highest BCUT2D eigenvalue weighted by molar-refractivity contribution is 5.45. The van der Waals surface area contributed by atoms with Crippen LogP contribution in [0.2, 0.25) is 0 Å². The van der Waals surface area contributed by atoms with E-state index in [0.29, 0.717) is 0 Å². The summed E-state index contributed by atoms with van der Waals surface area (Å²) in [7, 11) is 0. The molecule has 0 radical (unpaired) electrons. The van der Waals surface area contributed by atoms with Gasteiger partial charge < -0.3 is 4.90 Å². The average Bonchev–Trinajstić information content (AvgIpc) is 2.65. The van der Waals surface area contributed by atoms with E-state index in [0.717, 1.165) is 24.1 Å². The lowest BCUT2D eigenvalue weighted by Gasteiger charge is -2.33. The van der Waals surface area contributed by atoms with Crippen molar-refractivity contribution in [1.29, 1.82) is 5.26 Å². The molecular weight excluding hydrogens is 280 g/mol. The van der Waals surface area contributed by atoms with Gasteiger partial charge in [-0.1, -0.05) is 67.1 Å². The average molecular weight is 304 g/mol. The van der Waals surface area contributed by atoms with Gasteiger partial charge in [-0.3, -0.25) is 0 Å². The third-order valence-electron chi connectivity index (χ3n) is 4.98. The zero-order chi connectivity index (χ0) is 16.0. The molecule has 2 aromatic rings. The summed E-state index contributed by atoms with van der Waals surface area (Å²) in [5, 5.41) is 10.1. The van der Waals surface area contributed by atoms with Crippen molar-refractivity contribution in [2.45, 2.75) is 31.1 Å². The van der Waals surface area contributed by atoms with E-state index in [1.807, 2.05) is 36.4 Å². The highest BCUT2D eigenvalue weighted by Gasteiger charge is 2.34. The Morgan fingerprint density at radius 3 is 1.83 bits per heavy atom. The van der Waals surface area contributed by atoms with E-state index < -0.39 is 5.41 Å². The second kappa shape index (κ2) is 7.44. The molecule has 0 saturated carbocycles. The minimum atomic E-state index is -0.556. The highest BCUT2D eigenvalue weighted by Crippen LogP contribution is 2.35. The molecule has 2 heteroatoms. The molecule has 1 aliphatic rings. The molecule has 1 saturated heterocycles. The lowest BCUT2D eigenvalue weighted by Crippen LogP contribution is -2.36. The Morgan fingerprint density at radius 1 is 0.826 bits per heavy atom. The minimum absolute atomic E-state index is 0.556. The van der Waals surface area contributed by atoms with Gasteiger partial charge in [-0.15, -0.1) is 0 Å². The molecule has 3 rings (SSSR count). The van der Waals surface area contributed by atoms with Gasteiger partial charge in [-0.05, 0) is 43.5 Å². The summed E-state index contributed by atoms with van der Waals surface area (Å²) in [5.74, 6) is 0. The molecule has 0 spiro atoms. The van der Waals surface area contributed by atoms with Gasteiger partial charge in [-0.2, -0.15) is 5.26 Å². The molecule has 118 valence electrons. The fourth-order valence-corrected chi connectivity index (χ4v) is 3.59. The predicted molar refractivity (Wildman–Crippen MR) is 94.2 cm³/mol. The second-order valence-corrected chi connectivity index (χ2v) is 6.40. The molecule has 2 nitrogen and oxygen atoms in total. The lowest BCUT2D eigenvalue weighted by atomic mass is 9.73. The third-order valence-corrected chi connectivity index (χ3v) is 4.98. The maximum atomic E-state index is 10.1. The van der Waals surface area contributed by atoms with Crippen LogP contribution in [-0.2, 0) is 5.41 Å². The van der Waals surface area contributed by atoms with Crippen LogP contribution in [0.25, 0.3) is 0 Å². The van der Waals surface area contributed by atoms with E-state index in [1.54, 1.807) is 0 Å². The van der Waals surface area contributed by atoms with E-state index >= 15 is 0 Å². The summed E-state index contributed by atoms with van der Waals surface area (Å²) < 4.78 is 0. The van der Waals surface area contributed by atoms with Crippen LogP contribution in [0.1, 0.15) is 36.8 Å². The van der Waals surface area contributed by atoms with Crippen molar-refractivity contribution in [3.63, 3.8) is 0 Å². The Kier molecular flexibility index (Phi) is 5.10. The zero-order valence-corrected chi connectivity index (χ0v) is 13.6. The van der Waals surface area contributed by atoms with E-state index in [-0.39, 0.29) is 0 Å². The van der Waals surface area contributed by atoms with Gasteiger partial charge in [0.15, 0.2) is 0 Å². The normalized spacial score (nSPS) is 16.0. The smallest absolute Gasteiger partial charge is 0.108 e. The molecule has 1 aliphatic heterocycles. The Bertz CT molecular complexity index is 597. The summed E-state index contributed by atoms with van der Waals surface area (Å²) in [6.07, 6.45) is 4.77. The Labute approximate surface area is 139 Å². The van der Waals surface area contributed by atoms with Crippen LogP contribution >= 0.6 is 0 Å². The van der Waals surface area contributed by atoms with E-state index in [4.69, 9.17) is 0 Å². The molecule has 0 aliphatic carbocycles. The van der Waals surface area contributed by atoms with Crippen LogP contribution < -0.4 is 0 Å². The lowest BCUT2D eigenvalue weighted by molar-refractivity contribution is 0.218. The molecule has 1 fully saturated rings. The monoisotopic (exact) mass is 304 g/mol. The molecule has 0 aromatic heterocycles. The van der Waals surface area contributed by atoms with Gasteiger partial charge in [0.05, 0.1) is 6.07 Å². The van der Waals surface area contributed by atoms with Crippen molar-refractivity contribution >= 4 is 0 Å². The minimum Gasteiger partial charge on any atom is -0.303 e. The molecule has 2 aromatic carbocycles. The Morgan fingerprint density at radius 2 is 1.35 bits per heavy atom. The van der Waals surface area contributed by atoms with Crippen LogP contribution in [0.3, 0.4) is 0 Å². The topological polar surface area (TPSA) is 27.0 Å². The van der Waals surface area contributed by atoms with Gasteiger partial charge in [-0.25, -0.2) is 0 Å². The van der Waals surface area contributed by atoms with E-state index in [9.17, 15) is 5.26 Å². The van der Waals surface area contributed by atoms with Crippen molar-refractivity contribution in [2.24, 2.45) is 0 Å². The molecule has 23 heavy (non-hydrogen) atoms. The summed E-state index contributed by atoms with van der Waals surface area (Å²) in [4.78, 5) is 2.52. The molecule has 0 atom stereocenters.